The van der Waals surface area contributed by atoms with Gasteiger partial charge in [-0.15, -0.1) is 0 Å². The van der Waals surface area contributed by atoms with Crippen molar-refractivity contribution in [3.63, 3.8) is 0 Å². The molecule has 0 radical (unpaired) electrons. The summed E-state index contributed by atoms with van der Waals surface area (Å²) in [6, 6.07) is 0. The fourth-order valence-electron chi connectivity index (χ4n) is 3.16. The summed E-state index contributed by atoms with van der Waals surface area (Å²) in [6.45, 7) is 0. The van der Waals surface area contributed by atoms with Gasteiger partial charge in [0.25, 0.3) is 0 Å². The second kappa shape index (κ2) is 5.00. The van der Waals surface area contributed by atoms with E-state index >= 15 is 0 Å². The van der Waals surface area contributed by atoms with Crippen LogP contribution < -0.4 is 0 Å². The molecule has 2 N–H and O–H groups in total. The molecule has 0 saturated heterocycles. The minimum Gasteiger partial charge on any atom is -0.481 e. The molecule has 2 aliphatic rings. The molecule has 3 heteroatoms. The monoisotopic (exact) mass is 224 g/mol. The lowest BCUT2D eigenvalue weighted by Crippen LogP contribution is -2.00. The fraction of sp³-hybridized carbons (Fsp3) is 0.769. The predicted octanol–water partition coefficient (Wildman–Crippen LogP) is 2.35. The molecule has 0 aromatic carbocycles. The van der Waals surface area contributed by atoms with Crippen LogP contribution in [0.4, 0.5) is 0 Å². The van der Waals surface area contributed by atoms with Gasteiger partial charge < -0.3 is 10.2 Å². The quantitative estimate of drug-likeness (QED) is 0.569. The number of hydrogen-bond acceptors (Lipinski definition) is 2. The Morgan fingerprint density at radius 2 is 1.94 bits per heavy atom. The molecule has 0 heterocycles. The van der Waals surface area contributed by atoms with Crippen LogP contribution in [0.5, 0.6) is 0 Å². The number of aliphatic hydroxyl groups is 1. The molecule has 2 aliphatic carbocycles. The second-order valence-corrected chi connectivity index (χ2v) is 5.20. The predicted molar refractivity (Wildman–Crippen MR) is 61.0 cm³/mol. The van der Waals surface area contributed by atoms with Crippen molar-refractivity contribution in [3.05, 3.63) is 11.6 Å². The maximum Gasteiger partial charge on any atom is 0.303 e. The number of hydrogen-bond donors (Lipinski definition) is 2. The van der Waals surface area contributed by atoms with Crippen molar-refractivity contribution in [1.29, 1.82) is 0 Å². The van der Waals surface area contributed by atoms with E-state index in [4.69, 9.17) is 5.11 Å². The van der Waals surface area contributed by atoms with E-state index in [1.807, 2.05) is 0 Å². The highest BCUT2D eigenvalue weighted by Crippen LogP contribution is 2.46. The molecule has 90 valence electrons. The largest absolute Gasteiger partial charge is 0.481 e. The fourth-order valence-corrected chi connectivity index (χ4v) is 3.16. The van der Waals surface area contributed by atoms with Crippen LogP contribution in [-0.2, 0) is 4.79 Å². The van der Waals surface area contributed by atoms with Crippen molar-refractivity contribution in [1.82, 2.24) is 0 Å². The van der Waals surface area contributed by atoms with E-state index < -0.39 is 5.97 Å². The van der Waals surface area contributed by atoms with Crippen LogP contribution in [0.1, 0.15) is 44.9 Å². The lowest BCUT2D eigenvalue weighted by molar-refractivity contribution is -0.137. The summed E-state index contributed by atoms with van der Waals surface area (Å²) >= 11 is 0. The van der Waals surface area contributed by atoms with Gasteiger partial charge in [0.1, 0.15) is 0 Å². The standard InChI is InChI=1S/C13H20O3/c14-12-7-10-5-9(6-11(10)8-12)3-1-2-4-13(15)16/h3,10-12,14H,1-2,4-8H2,(H,15,16). The Morgan fingerprint density at radius 1 is 1.31 bits per heavy atom. The average molecular weight is 224 g/mol. The van der Waals surface area contributed by atoms with Crippen LogP contribution in [-0.4, -0.2) is 22.3 Å². The Kier molecular flexibility index (Phi) is 3.64. The molecule has 16 heavy (non-hydrogen) atoms. The number of carboxylic acid groups (broad SMARTS) is 1. The normalized spacial score (nSPS) is 32.8. The van der Waals surface area contributed by atoms with Crippen molar-refractivity contribution >= 4 is 5.97 Å². The molecule has 3 nitrogen and oxygen atoms in total. The zero-order chi connectivity index (χ0) is 11.5. The zero-order valence-electron chi connectivity index (χ0n) is 9.56. The van der Waals surface area contributed by atoms with E-state index in [2.05, 4.69) is 6.08 Å². The first-order chi connectivity index (χ1) is 7.65. The molecule has 0 aliphatic heterocycles. The molecule has 2 fully saturated rings. The second-order valence-electron chi connectivity index (χ2n) is 5.20. The van der Waals surface area contributed by atoms with Gasteiger partial charge in [0, 0.05) is 6.42 Å². The van der Waals surface area contributed by atoms with Gasteiger partial charge in [-0.05, 0) is 50.4 Å². The van der Waals surface area contributed by atoms with Gasteiger partial charge in [0.15, 0.2) is 0 Å². The van der Waals surface area contributed by atoms with E-state index in [-0.39, 0.29) is 12.5 Å². The van der Waals surface area contributed by atoms with Crippen molar-refractivity contribution in [3.8, 4) is 0 Å². The summed E-state index contributed by atoms with van der Waals surface area (Å²) in [5.41, 5.74) is 1.49. The van der Waals surface area contributed by atoms with Crippen LogP contribution in [0, 0.1) is 11.8 Å². The number of aliphatic hydroxyl groups excluding tert-OH is 1. The smallest absolute Gasteiger partial charge is 0.303 e. The molecule has 2 unspecified atom stereocenters. The van der Waals surface area contributed by atoms with Gasteiger partial charge in [-0.25, -0.2) is 0 Å². The molecular formula is C13H20O3. The number of fused-ring (bicyclic) bond motifs is 1. The van der Waals surface area contributed by atoms with E-state index in [0.717, 1.165) is 38.5 Å². The summed E-state index contributed by atoms with van der Waals surface area (Å²) in [7, 11) is 0. The molecule has 0 bridgehead atoms. The highest BCUT2D eigenvalue weighted by molar-refractivity contribution is 5.66. The summed E-state index contributed by atoms with van der Waals surface area (Å²) in [6.07, 6.45) is 8.28. The van der Waals surface area contributed by atoms with Gasteiger partial charge in [0.2, 0.25) is 0 Å². The van der Waals surface area contributed by atoms with Crippen molar-refractivity contribution in [2.24, 2.45) is 11.8 Å². The van der Waals surface area contributed by atoms with Gasteiger partial charge in [0.05, 0.1) is 6.10 Å². The SMILES string of the molecule is O=C(O)CCCC=C1CC2CC(O)CC2C1. The summed E-state index contributed by atoms with van der Waals surface area (Å²) in [4.78, 5) is 10.3. The van der Waals surface area contributed by atoms with E-state index in [1.165, 1.54) is 5.57 Å². The Hall–Kier alpha value is -0.830. The highest BCUT2D eigenvalue weighted by Gasteiger charge is 2.38. The van der Waals surface area contributed by atoms with Crippen LogP contribution in [0.25, 0.3) is 0 Å². The first-order valence-electron chi connectivity index (χ1n) is 6.23. The number of carbonyl (C=O) groups is 1. The van der Waals surface area contributed by atoms with Gasteiger partial charge >= 0.3 is 5.97 Å². The minimum absolute atomic E-state index is 0.0661. The topological polar surface area (TPSA) is 57.5 Å². The third-order valence-corrected chi connectivity index (χ3v) is 3.89. The third kappa shape index (κ3) is 2.85. The summed E-state index contributed by atoms with van der Waals surface area (Å²) in [5.74, 6) is 0.686. The maximum atomic E-state index is 10.3. The molecule has 0 spiro atoms. The number of carboxylic acids is 1. The van der Waals surface area contributed by atoms with Crippen LogP contribution >= 0.6 is 0 Å². The van der Waals surface area contributed by atoms with Gasteiger partial charge in [-0.2, -0.15) is 0 Å². The van der Waals surface area contributed by atoms with Crippen LogP contribution in [0.2, 0.25) is 0 Å². The molecule has 2 rings (SSSR count). The number of rotatable bonds is 4. The zero-order valence-corrected chi connectivity index (χ0v) is 9.56. The van der Waals surface area contributed by atoms with Crippen molar-refractivity contribution < 1.29 is 15.0 Å². The number of allylic oxidation sites excluding steroid dienone is 2. The highest BCUT2D eigenvalue weighted by atomic mass is 16.4. The first-order valence-corrected chi connectivity index (χ1v) is 6.23. The summed E-state index contributed by atoms with van der Waals surface area (Å²) < 4.78 is 0. The molecule has 0 aromatic heterocycles. The average Bonchev–Trinajstić information content (AvgIpc) is 2.68. The van der Waals surface area contributed by atoms with Crippen LogP contribution in [0.3, 0.4) is 0 Å². The lowest BCUT2D eigenvalue weighted by Gasteiger charge is -2.03. The Bertz CT molecular complexity index is 280. The van der Waals surface area contributed by atoms with Gasteiger partial charge in [-0.3, -0.25) is 4.79 Å². The maximum absolute atomic E-state index is 10.3. The lowest BCUT2D eigenvalue weighted by atomic mass is 10.0. The Labute approximate surface area is 96.2 Å². The van der Waals surface area contributed by atoms with Crippen LogP contribution in [0.15, 0.2) is 11.6 Å². The Balaban J connectivity index is 1.73. The first kappa shape index (κ1) is 11.6. The van der Waals surface area contributed by atoms with E-state index in [0.29, 0.717) is 11.8 Å². The molecule has 2 atom stereocenters. The van der Waals surface area contributed by atoms with E-state index in [9.17, 15) is 9.90 Å². The molecular weight excluding hydrogens is 204 g/mol. The van der Waals surface area contributed by atoms with Crippen molar-refractivity contribution in [2.45, 2.75) is 51.0 Å². The van der Waals surface area contributed by atoms with E-state index in [1.54, 1.807) is 0 Å². The minimum atomic E-state index is -0.704. The molecule has 0 aromatic rings. The molecule has 0 amide bonds. The number of aliphatic carboxylic acids is 1. The third-order valence-electron chi connectivity index (χ3n) is 3.89. The van der Waals surface area contributed by atoms with Crippen molar-refractivity contribution in [2.75, 3.05) is 0 Å². The summed E-state index contributed by atoms with van der Waals surface area (Å²) in [5, 5.41) is 18.0. The Morgan fingerprint density at radius 3 is 2.50 bits per heavy atom. The molecule has 2 saturated carbocycles. The van der Waals surface area contributed by atoms with Gasteiger partial charge in [-0.1, -0.05) is 11.6 Å². The number of unbranched alkanes of at least 4 members (excludes halogenated alkanes) is 1.